The first-order valence-corrected chi connectivity index (χ1v) is 8.06. The molecule has 0 bridgehead atoms. The predicted octanol–water partition coefficient (Wildman–Crippen LogP) is 1.17. The molecule has 0 spiro atoms. The molecule has 2 fully saturated rings. The number of hydrogen-bond acceptors (Lipinski definition) is 3. The normalized spacial score (nSPS) is 23.3. The zero-order chi connectivity index (χ0) is 16.4. The molecule has 0 unspecified atom stereocenters. The Hall–Kier alpha value is -2.08. The van der Waals surface area contributed by atoms with Gasteiger partial charge in [0.2, 0.25) is 5.91 Å². The highest BCUT2D eigenvalue weighted by atomic mass is 16.2. The summed E-state index contributed by atoms with van der Waals surface area (Å²) in [6, 6.07) is 9.46. The van der Waals surface area contributed by atoms with Gasteiger partial charge < -0.3 is 20.0 Å². The summed E-state index contributed by atoms with van der Waals surface area (Å²) in [7, 11) is 3.81. The summed E-state index contributed by atoms with van der Waals surface area (Å²) in [6.45, 7) is 3.46. The van der Waals surface area contributed by atoms with Crippen molar-refractivity contribution in [3.8, 4) is 0 Å². The van der Waals surface area contributed by atoms with E-state index in [2.05, 4.69) is 5.32 Å². The van der Waals surface area contributed by atoms with Crippen LogP contribution in [0.5, 0.6) is 0 Å². The Labute approximate surface area is 137 Å². The van der Waals surface area contributed by atoms with Gasteiger partial charge in [-0.25, -0.2) is 4.79 Å². The van der Waals surface area contributed by atoms with Gasteiger partial charge in [-0.1, -0.05) is 18.2 Å². The van der Waals surface area contributed by atoms with Crippen molar-refractivity contribution >= 4 is 17.6 Å². The quantitative estimate of drug-likeness (QED) is 0.911. The van der Waals surface area contributed by atoms with E-state index in [1.54, 1.807) is 0 Å². The zero-order valence-electron chi connectivity index (χ0n) is 13.7. The SMILES string of the molecule is CN(C)CC(=O)N1C[C@@H]2CN(C(=O)Nc3ccccc3)C[C@@H]2C1. The second-order valence-electron chi connectivity index (χ2n) is 6.76. The molecule has 1 aromatic carbocycles. The third kappa shape index (κ3) is 3.64. The van der Waals surface area contributed by atoms with Gasteiger partial charge >= 0.3 is 6.03 Å². The number of rotatable bonds is 3. The van der Waals surface area contributed by atoms with Crippen molar-refractivity contribution in [2.75, 3.05) is 52.1 Å². The van der Waals surface area contributed by atoms with Crippen LogP contribution in [0.4, 0.5) is 10.5 Å². The van der Waals surface area contributed by atoms with Crippen molar-refractivity contribution in [1.82, 2.24) is 14.7 Å². The molecule has 0 aromatic heterocycles. The van der Waals surface area contributed by atoms with E-state index in [4.69, 9.17) is 0 Å². The highest BCUT2D eigenvalue weighted by molar-refractivity contribution is 5.89. The molecule has 2 atom stereocenters. The molecule has 0 radical (unpaired) electrons. The maximum Gasteiger partial charge on any atom is 0.321 e. The van der Waals surface area contributed by atoms with Crippen LogP contribution in [0.25, 0.3) is 0 Å². The molecule has 3 rings (SSSR count). The first-order valence-electron chi connectivity index (χ1n) is 8.06. The van der Waals surface area contributed by atoms with Gasteiger partial charge in [-0.3, -0.25) is 4.79 Å². The van der Waals surface area contributed by atoms with Gasteiger partial charge in [0.05, 0.1) is 6.54 Å². The molecule has 2 heterocycles. The van der Waals surface area contributed by atoms with Gasteiger partial charge in [0.25, 0.3) is 0 Å². The van der Waals surface area contributed by atoms with E-state index in [-0.39, 0.29) is 11.9 Å². The first kappa shape index (κ1) is 15.8. The molecule has 0 saturated carbocycles. The highest BCUT2D eigenvalue weighted by Gasteiger charge is 2.42. The van der Waals surface area contributed by atoms with E-state index in [9.17, 15) is 9.59 Å². The maximum absolute atomic E-state index is 12.3. The number of likely N-dealkylation sites (N-methyl/N-ethyl adjacent to an activating group) is 1. The van der Waals surface area contributed by atoms with Crippen LogP contribution in [-0.4, -0.2) is 73.5 Å². The molecule has 124 valence electrons. The van der Waals surface area contributed by atoms with Crippen LogP contribution in [0.1, 0.15) is 0 Å². The van der Waals surface area contributed by atoms with Gasteiger partial charge in [0, 0.05) is 43.7 Å². The number of hydrogen-bond donors (Lipinski definition) is 1. The van der Waals surface area contributed by atoms with Crippen molar-refractivity contribution in [1.29, 1.82) is 0 Å². The average Bonchev–Trinajstić information content (AvgIpc) is 3.06. The number of para-hydroxylation sites is 1. The fourth-order valence-electron chi connectivity index (χ4n) is 3.46. The average molecular weight is 316 g/mol. The van der Waals surface area contributed by atoms with Crippen molar-refractivity contribution < 1.29 is 9.59 Å². The highest BCUT2D eigenvalue weighted by Crippen LogP contribution is 2.31. The second-order valence-corrected chi connectivity index (χ2v) is 6.76. The van der Waals surface area contributed by atoms with E-state index >= 15 is 0 Å². The number of likely N-dealkylation sites (tertiary alicyclic amines) is 2. The molecular formula is C17H24N4O2. The van der Waals surface area contributed by atoms with Gasteiger partial charge in [-0.15, -0.1) is 0 Å². The summed E-state index contributed by atoms with van der Waals surface area (Å²) in [6.07, 6.45) is 0. The lowest BCUT2D eigenvalue weighted by atomic mass is 10.0. The van der Waals surface area contributed by atoms with Gasteiger partial charge in [-0.2, -0.15) is 0 Å². The molecular weight excluding hydrogens is 292 g/mol. The fourth-order valence-corrected chi connectivity index (χ4v) is 3.46. The van der Waals surface area contributed by atoms with Crippen molar-refractivity contribution in [2.45, 2.75) is 0 Å². The molecule has 2 aliphatic rings. The van der Waals surface area contributed by atoms with Crippen molar-refractivity contribution in [3.63, 3.8) is 0 Å². The van der Waals surface area contributed by atoms with Crippen LogP contribution in [-0.2, 0) is 4.79 Å². The summed E-state index contributed by atoms with van der Waals surface area (Å²) in [5.74, 6) is 0.995. The zero-order valence-corrected chi connectivity index (χ0v) is 13.7. The minimum Gasteiger partial charge on any atom is -0.341 e. The summed E-state index contributed by atoms with van der Waals surface area (Å²) in [5, 5.41) is 2.93. The molecule has 2 aliphatic heterocycles. The van der Waals surface area contributed by atoms with Gasteiger partial charge in [0.15, 0.2) is 0 Å². The number of nitrogens with zero attached hydrogens (tertiary/aromatic N) is 3. The Balaban J connectivity index is 1.51. The smallest absolute Gasteiger partial charge is 0.321 e. The second kappa shape index (κ2) is 6.58. The van der Waals surface area contributed by atoms with Gasteiger partial charge in [0.1, 0.15) is 0 Å². The Kier molecular flexibility index (Phi) is 4.52. The third-order valence-corrected chi connectivity index (χ3v) is 4.60. The number of benzene rings is 1. The third-order valence-electron chi connectivity index (χ3n) is 4.60. The molecule has 23 heavy (non-hydrogen) atoms. The summed E-state index contributed by atoms with van der Waals surface area (Å²) in [5.41, 5.74) is 0.817. The van der Waals surface area contributed by atoms with E-state index in [0.717, 1.165) is 31.9 Å². The Morgan fingerprint density at radius 1 is 1.04 bits per heavy atom. The summed E-state index contributed by atoms with van der Waals surface area (Å²) in [4.78, 5) is 30.2. The Morgan fingerprint density at radius 3 is 2.17 bits per heavy atom. The monoisotopic (exact) mass is 316 g/mol. The molecule has 3 amide bonds. The number of carbonyl (C=O) groups excluding carboxylic acids is 2. The van der Waals surface area contributed by atoms with Crippen LogP contribution >= 0.6 is 0 Å². The molecule has 1 N–H and O–H groups in total. The van der Waals surface area contributed by atoms with Crippen LogP contribution < -0.4 is 5.32 Å². The lowest BCUT2D eigenvalue weighted by Crippen LogP contribution is -2.40. The Morgan fingerprint density at radius 2 is 1.61 bits per heavy atom. The minimum absolute atomic E-state index is 0.0447. The first-order chi connectivity index (χ1) is 11.0. The van der Waals surface area contributed by atoms with Crippen molar-refractivity contribution in [2.24, 2.45) is 11.8 Å². The Bertz CT molecular complexity index is 561. The molecule has 1 aromatic rings. The van der Waals surface area contributed by atoms with Crippen LogP contribution in [0.15, 0.2) is 30.3 Å². The lowest BCUT2D eigenvalue weighted by molar-refractivity contribution is -0.131. The van der Waals surface area contributed by atoms with E-state index in [1.165, 1.54) is 0 Å². The van der Waals surface area contributed by atoms with Crippen LogP contribution in [0.2, 0.25) is 0 Å². The number of carbonyl (C=O) groups is 2. The molecule has 6 nitrogen and oxygen atoms in total. The number of nitrogens with one attached hydrogen (secondary N) is 1. The predicted molar refractivity (Wildman–Crippen MR) is 89.1 cm³/mol. The van der Waals surface area contributed by atoms with Crippen LogP contribution in [0.3, 0.4) is 0 Å². The fraction of sp³-hybridized carbons (Fsp3) is 0.529. The largest absolute Gasteiger partial charge is 0.341 e. The lowest BCUT2D eigenvalue weighted by Gasteiger charge is -2.23. The van der Waals surface area contributed by atoms with E-state index in [0.29, 0.717) is 18.4 Å². The van der Waals surface area contributed by atoms with Gasteiger partial charge in [-0.05, 0) is 26.2 Å². The number of amides is 3. The number of fused-ring (bicyclic) bond motifs is 1. The minimum atomic E-state index is -0.0447. The summed E-state index contributed by atoms with van der Waals surface area (Å²) >= 11 is 0. The number of anilines is 1. The van der Waals surface area contributed by atoms with Crippen LogP contribution in [0, 0.1) is 11.8 Å². The summed E-state index contributed by atoms with van der Waals surface area (Å²) < 4.78 is 0. The molecule has 2 saturated heterocycles. The topological polar surface area (TPSA) is 55.9 Å². The van der Waals surface area contributed by atoms with Crippen molar-refractivity contribution in [3.05, 3.63) is 30.3 Å². The number of urea groups is 1. The van der Waals surface area contributed by atoms with E-state index in [1.807, 2.05) is 59.1 Å². The standard InChI is InChI=1S/C17H24N4O2/c1-19(2)12-16(22)20-8-13-10-21(11-14(13)9-20)17(23)18-15-6-4-3-5-7-15/h3-7,13-14H,8-12H2,1-2H3,(H,18,23)/t13-,14+. The molecule has 0 aliphatic carbocycles. The van der Waals surface area contributed by atoms with E-state index < -0.39 is 0 Å². The molecule has 6 heteroatoms. The maximum atomic E-state index is 12.3.